The Kier molecular flexibility index (Phi) is 8.27. The molecule has 1 saturated heterocycles. The van der Waals surface area contributed by atoms with Crippen LogP contribution in [0.5, 0.6) is 0 Å². The summed E-state index contributed by atoms with van der Waals surface area (Å²) in [7, 11) is 0. The van der Waals surface area contributed by atoms with E-state index in [1.54, 1.807) is 12.4 Å². The molecule has 0 spiro atoms. The molecule has 0 radical (unpaired) electrons. The molecule has 0 aliphatic carbocycles. The number of nitrogens with two attached hydrogens (primary N) is 1. The zero-order chi connectivity index (χ0) is 22.9. The molecule has 1 amide bonds. The molecule has 1 aromatic heterocycles. The minimum absolute atomic E-state index is 0.00452. The van der Waals surface area contributed by atoms with Crippen molar-refractivity contribution in [2.24, 2.45) is 11.7 Å². The number of Topliss-reactive ketones (excluding diaryl/α,β-unsaturated/α-hetero) is 1. The van der Waals surface area contributed by atoms with E-state index < -0.39 is 0 Å². The van der Waals surface area contributed by atoms with Crippen LogP contribution in [0.3, 0.4) is 0 Å². The lowest BCUT2D eigenvalue weighted by molar-refractivity contribution is -0.125. The molecular weight excluding hydrogens is 408 g/mol. The van der Waals surface area contributed by atoms with E-state index in [0.717, 1.165) is 36.1 Å². The number of nitrogens with one attached hydrogen (secondary N) is 2. The van der Waals surface area contributed by atoms with Crippen molar-refractivity contribution in [3.63, 3.8) is 0 Å². The lowest BCUT2D eigenvalue weighted by Gasteiger charge is -2.32. The summed E-state index contributed by atoms with van der Waals surface area (Å²) < 4.78 is 0. The van der Waals surface area contributed by atoms with Crippen LogP contribution < -0.4 is 16.0 Å². The molecule has 1 aromatic carbocycles. The summed E-state index contributed by atoms with van der Waals surface area (Å²) in [6.07, 6.45) is 6.18. The first-order valence-electron chi connectivity index (χ1n) is 10.9. The van der Waals surface area contributed by atoms with Gasteiger partial charge in [-0.25, -0.2) is 9.97 Å². The van der Waals surface area contributed by atoms with E-state index in [1.807, 2.05) is 29.2 Å². The first-order valence-corrected chi connectivity index (χ1v) is 10.9. The number of amides is 1. The number of hydrogen-bond donors (Lipinski definition) is 4. The van der Waals surface area contributed by atoms with Crippen LogP contribution >= 0.6 is 0 Å². The van der Waals surface area contributed by atoms with Gasteiger partial charge in [-0.15, -0.1) is 0 Å². The zero-order valence-corrected chi connectivity index (χ0v) is 18.1. The van der Waals surface area contributed by atoms with Gasteiger partial charge in [-0.05, 0) is 30.4 Å². The Morgan fingerprint density at radius 1 is 1.25 bits per heavy atom. The topological polar surface area (TPSA) is 145 Å². The summed E-state index contributed by atoms with van der Waals surface area (Å²) in [6, 6.07) is 7.90. The Bertz CT molecular complexity index is 947. The maximum absolute atomic E-state index is 12.2. The monoisotopic (exact) mass is 438 g/mol. The van der Waals surface area contributed by atoms with Crippen LogP contribution in [0.4, 0.5) is 5.95 Å². The lowest BCUT2D eigenvalue weighted by atomic mass is 9.97. The predicted molar refractivity (Wildman–Crippen MR) is 122 cm³/mol. The lowest BCUT2D eigenvalue weighted by Crippen LogP contribution is -2.44. The van der Waals surface area contributed by atoms with E-state index in [-0.39, 0.29) is 43.0 Å². The second-order valence-corrected chi connectivity index (χ2v) is 8.01. The van der Waals surface area contributed by atoms with Gasteiger partial charge in [-0.2, -0.15) is 0 Å². The molecule has 5 N–H and O–H groups in total. The summed E-state index contributed by atoms with van der Waals surface area (Å²) in [6.45, 7) is 1.56. The molecule has 3 rings (SSSR count). The van der Waals surface area contributed by atoms with Crippen molar-refractivity contribution in [2.75, 3.05) is 31.1 Å². The Hall–Kier alpha value is -3.33. The number of aliphatic hydroxyl groups excluding tert-OH is 1. The highest BCUT2D eigenvalue weighted by atomic mass is 16.3. The number of nitrogens with zero attached hydrogens (tertiary/aromatic N) is 3. The van der Waals surface area contributed by atoms with E-state index in [1.165, 1.54) is 0 Å². The minimum Gasteiger partial charge on any atom is -0.395 e. The van der Waals surface area contributed by atoms with E-state index in [9.17, 15) is 9.59 Å². The van der Waals surface area contributed by atoms with Gasteiger partial charge in [0.25, 0.3) is 0 Å². The van der Waals surface area contributed by atoms with E-state index in [2.05, 4.69) is 15.3 Å². The molecule has 1 fully saturated rings. The van der Waals surface area contributed by atoms with Crippen LogP contribution in [0.15, 0.2) is 36.7 Å². The maximum Gasteiger partial charge on any atom is 0.225 e. The number of carbonyl (C=O) groups excluding carboxylic acids is 2. The number of carbonyl (C=O) groups is 2. The molecule has 32 heavy (non-hydrogen) atoms. The van der Waals surface area contributed by atoms with Crippen molar-refractivity contribution < 1.29 is 14.7 Å². The van der Waals surface area contributed by atoms with E-state index >= 15 is 0 Å². The highest BCUT2D eigenvalue weighted by molar-refractivity contribution is 5.98. The molecule has 1 aliphatic heterocycles. The number of anilines is 1. The second kappa shape index (κ2) is 11.3. The smallest absolute Gasteiger partial charge is 0.225 e. The molecule has 1 aliphatic rings. The quantitative estimate of drug-likeness (QED) is 0.323. The molecule has 1 unspecified atom stereocenters. The van der Waals surface area contributed by atoms with Gasteiger partial charge in [0, 0.05) is 44.0 Å². The van der Waals surface area contributed by atoms with Crippen LogP contribution in [-0.2, 0) is 16.0 Å². The van der Waals surface area contributed by atoms with Crippen LogP contribution in [-0.4, -0.2) is 58.8 Å². The molecular formula is C23H30N6O3. The minimum atomic E-state index is -0.138. The number of aryl methyl sites for hydroxylation is 1. The molecule has 170 valence electrons. The van der Waals surface area contributed by atoms with Crippen molar-refractivity contribution in [3.05, 3.63) is 42.2 Å². The van der Waals surface area contributed by atoms with Gasteiger partial charge >= 0.3 is 0 Å². The predicted octanol–water partition coefficient (Wildman–Crippen LogP) is 1.30. The molecule has 2 heterocycles. The van der Waals surface area contributed by atoms with Gasteiger partial charge in [-0.1, -0.05) is 24.3 Å². The van der Waals surface area contributed by atoms with Crippen molar-refractivity contribution >= 4 is 23.5 Å². The first kappa shape index (κ1) is 23.3. The Balaban J connectivity index is 1.62. The summed E-state index contributed by atoms with van der Waals surface area (Å²) in [5.74, 6) is 0.270. The third-order valence-corrected chi connectivity index (χ3v) is 5.46. The third kappa shape index (κ3) is 6.58. The van der Waals surface area contributed by atoms with Gasteiger partial charge in [0.05, 0.1) is 24.8 Å². The van der Waals surface area contributed by atoms with Crippen molar-refractivity contribution in [1.29, 1.82) is 5.41 Å². The van der Waals surface area contributed by atoms with E-state index in [4.69, 9.17) is 16.2 Å². The molecule has 0 saturated carbocycles. The van der Waals surface area contributed by atoms with E-state index in [0.29, 0.717) is 25.3 Å². The fraction of sp³-hybridized carbons (Fsp3) is 0.435. The number of aromatic nitrogens is 2. The first-order chi connectivity index (χ1) is 15.5. The fourth-order valence-electron chi connectivity index (χ4n) is 3.82. The van der Waals surface area contributed by atoms with Crippen LogP contribution in [0.2, 0.25) is 0 Å². The Labute approximate surface area is 187 Å². The number of amidine groups is 1. The molecule has 0 bridgehead atoms. The summed E-state index contributed by atoms with van der Waals surface area (Å²) in [5.41, 5.74) is 8.15. The van der Waals surface area contributed by atoms with Gasteiger partial charge in [-0.3, -0.25) is 15.0 Å². The maximum atomic E-state index is 12.2. The number of rotatable bonds is 10. The number of hydrogen-bond acceptors (Lipinski definition) is 7. The molecule has 1 atom stereocenters. The van der Waals surface area contributed by atoms with Crippen molar-refractivity contribution in [1.82, 2.24) is 15.3 Å². The Morgan fingerprint density at radius 3 is 2.75 bits per heavy atom. The molecule has 2 aromatic rings. The van der Waals surface area contributed by atoms with Crippen molar-refractivity contribution in [2.45, 2.75) is 32.1 Å². The summed E-state index contributed by atoms with van der Waals surface area (Å²) >= 11 is 0. The van der Waals surface area contributed by atoms with Gasteiger partial charge in [0.15, 0.2) is 0 Å². The SMILES string of the molecule is N=C(N)CC(=O)CCc1cccc(-c2cnc(N3CCCC(C(=O)NCCO)C3)nc2)c1. The highest BCUT2D eigenvalue weighted by Crippen LogP contribution is 2.24. The Morgan fingerprint density at radius 2 is 2.03 bits per heavy atom. The average Bonchev–Trinajstić information content (AvgIpc) is 2.81. The van der Waals surface area contributed by atoms with Crippen molar-refractivity contribution in [3.8, 4) is 11.1 Å². The number of aliphatic hydroxyl groups is 1. The number of benzene rings is 1. The summed E-state index contributed by atoms with van der Waals surface area (Å²) in [4.78, 5) is 35.1. The van der Waals surface area contributed by atoms with Gasteiger partial charge in [0.1, 0.15) is 5.78 Å². The highest BCUT2D eigenvalue weighted by Gasteiger charge is 2.26. The molecule has 9 nitrogen and oxygen atoms in total. The zero-order valence-electron chi connectivity index (χ0n) is 18.1. The van der Waals surface area contributed by atoms with Crippen LogP contribution in [0.1, 0.15) is 31.2 Å². The second-order valence-electron chi connectivity index (χ2n) is 8.01. The summed E-state index contributed by atoms with van der Waals surface area (Å²) in [5, 5.41) is 18.9. The normalized spacial score (nSPS) is 15.9. The largest absolute Gasteiger partial charge is 0.395 e. The van der Waals surface area contributed by atoms with Gasteiger partial charge < -0.3 is 21.1 Å². The third-order valence-electron chi connectivity index (χ3n) is 5.46. The fourth-order valence-corrected chi connectivity index (χ4v) is 3.82. The van der Waals surface area contributed by atoms with Gasteiger partial charge in [0.2, 0.25) is 11.9 Å². The number of ketones is 1. The number of piperidine rings is 1. The standard InChI is InChI=1S/C23H30N6O3/c24-21(25)12-20(31)7-6-16-3-1-4-17(11-16)19-13-27-23(28-14-19)29-9-2-5-18(15-29)22(32)26-8-10-30/h1,3-4,11,13-14,18,30H,2,5-10,12,15H2,(H3,24,25)(H,26,32). The van der Waals surface area contributed by atoms with Crippen LogP contribution in [0, 0.1) is 11.3 Å². The molecule has 9 heteroatoms. The average molecular weight is 439 g/mol. The van der Waals surface area contributed by atoms with Crippen LogP contribution in [0.25, 0.3) is 11.1 Å².